The molecule has 1 aromatic rings. The third-order valence-corrected chi connectivity index (χ3v) is 4.79. The van der Waals surface area contributed by atoms with Gasteiger partial charge in [0.2, 0.25) is 5.91 Å². The summed E-state index contributed by atoms with van der Waals surface area (Å²) in [6.45, 7) is 7.48. The Hall–Kier alpha value is -1.62. The topological polar surface area (TPSA) is 54.5 Å². The average molecular weight is 307 g/mol. The van der Waals surface area contributed by atoms with E-state index >= 15 is 0 Å². The molecule has 0 saturated heterocycles. The average Bonchev–Trinajstić information content (AvgIpc) is 2.71. The molecule has 0 radical (unpaired) electrons. The van der Waals surface area contributed by atoms with Crippen LogP contribution in [-0.2, 0) is 14.6 Å². The number of benzene rings is 1. The smallest absolute Gasteiger partial charge is 0.232 e. The summed E-state index contributed by atoms with van der Waals surface area (Å²) in [5.74, 6) is -0.138. The zero-order valence-corrected chi connectivity index (χ0v) is 13.6. The standard InChI is InChI=1S/C16H21NO3S/c1-12-5-7-13(8-6-12)17(15(18)16(2,3)4)14-9-10-21(19,20)11-14/h5-10,14H,11H2,1-4H3. The van der Waals surface area contributed by atoms with Crippen molar-refractivity contribution in [3.63, 3.8) is 0 Å². The van der Waals surface area contributed by atoms with Gasteiger partial charge in [-0.25, -0.2) is 8.42 Å². The lowest BCUT2D eigenvalue weighted by Crippen LogP contribution is -2.46. The molecule has 2 rings (SSSR count). The molecule has 114 valence electrons. The molecular weight excluding hydrogens is 286 g/mol. The van der Waals surface area contributed by atoms with Crippen molar-refractivity contribution >= 4 is 21.4 Å². The molecule has 21 heavy (non-hydrogen) atoms. The Morgan fingerprint density at radius 1 is 1.19 bits per heavy atom. The van der Waals surface area contributed by atoms with Crippen LogP contribution in [0.25, 0.3) is 0 Å². The Morgan fingerprint density at radius 2 is 1.76 bits per heavy atom. The second-order valence-electron chi connectivity index (χ2n) is 6.49. The molecule has 0 fully saturated rings. The second kappa shape index (κ2) is 5.30. The zero-order valence-electron chi connectivity index (χ0n) is 12.8. The molecular formula is C16H21NO3S. The summed E-state index contributed by atoms with van der Waals surface area (Å²) in [4.78, 5) is 14.3. The Labute approximate surface area is 126 Å². The predicted octanol–water partition coefficient (Wildman–Crippen LogP) is 2.68. The van der Waals surface area contributed by atoms with Gasteiger partial charge in [0.15, 0.2) is 9.84 Å². The summed E-state index contributed by atoms with van der Waals surface area (Å²) < 4.78 is 23.4. The van der Waals surface area contributed by atoms with E-state index in [1.807, 2.05) is 52.0 Å². The summed E-state index contributed by atoms with van der Waals surface area (Å²) in [5, 5.41) is 1.20. The van der Waals surface area contributed by atoms with Crippen LogP contribution in [0.3, 0.4) is 0 Å². The first-order valence-electron chi connectivity index (χ1n) is 6.91. The maximum atomic E-state index is 12.7. The molecule has 0 aliphatic carbocycles. The van der Waals surface area contributed by atoms with E-state index in [-0.39, 0.29) is 11.7 Å². The highest BCUT2D eigenvalue weighted by molar-refractivity contribution is 7.94. The lowest BCUT2D eigenvalue weighted by molar-refractivity contribution is -0.126. The summed E-state index contributed by atoms with van der Waals surface area (Å²) in [6, 6.07) is 7.12. The van der Waals surface area contributed by atoms with Gasteiger partial charge in [-0.05, 0) is 25.1 Å². The van der Waals surface area contributed by atoms with Crippen molar-refractivity contribution in [1.29, 1.82) is 0 Å². The highest BCUT2D eigenvalue weighted by Gasteiger charge is 2.36. The van der Waals surface area contributed by atoms with Crippen molar-refractivity contribution < 1.29 is 13.2 Å². The van der Waals surface area contributed by atoms with Gasteiger partial charge in [-0.1, -0.05) is 38.5 Å². The van der Waals surface area contributed by atoms with Crippen molar-refractivity contribution in [2.75, 3.05) is 10.7 Å². The number of aryl methyl sites for hydroxylation is 1. The number of anilines is 1. The van der Waals surface area contributed by atoms with E-state index in [2.05, 4.69) is 0 Å². The van der Waals surface area contributed by atoms with Crippen LogP contribution in [0, 0.1) is 12.3 Å². The number of amides is 1. The van der Waals surface area contributed by atoms with E-state index in [9.17, 15) is 13.2 Å². The number of carbonyl (C=O) groups is 1. The van der Waals surface area contributed by atoms with Crippen molar-refractivity contribution in [3.05, 3.63) is 41.3 Å². The normalized spacial score (nSPS) is 20.5. The Bertz CT molecular complexity index is 666. The third kappa shape index (κ3) is 3.53. The van der Waals surface area contributed by atoms with Crippen LogP contribution in [-0.4, -0.2) is 26.1 Å². The summed E-state index contributed by atoms with van der Waals surface area (Å²) in [5.41, 5.74) is 1.24. The Kier molecular flexibility index (Phi) is 3.97. The molecule has 0 saturated carbocycles. The van der Waals surface area contributed by atoms with Gasteiger partial charge in [-0.2, -0.15) is 0 Å². The van der Waals surface area contributed by atoms with E-state index < -0.39 is 21.3 Å². The van der Waals surface area contributed by atoms with Crippen LogP contribution in [0.1, 0.15) is 26.3 Å². The molecule has 1 atom stereocenters. The first-order chi connectivity index (χ1) is 9.60. The Balaban J connectivity index is 2.43. The number of hydrogen-bond acceptors (Lipinski definition) is 3. The highest BCUT2D eigenvalue weighted by atomic mass is 32.2. The van der Waals surface area contributed by atoms with Crippen molar-refractivity contribution in [3.8, 4) is 0 Å². The van der Waals surface area contributed by atoms with Crippen molar-refractivity contribution in [2.45, 2.75) is 33.7 Å². The fraction of sp³-hybridized carbons (Fsp3) is 0.438. The van der Waals surface area contributed by atoms with Crippen LogP contribution in [0.2, 0.25) is 0 Å². The van der Waals surface area contributed by atoms with Crippen LogP contribution < -0.4 is 4.90 Å². The lowest BCUT2D eigenvalue weighted by Gasteiger charge is -2.33. The van der Waals surface area contributed by atoms with Crippen molar-refractivity contribution in [2.24, 2.45) is 5.41 Å². The fourth-order valence-corrected chi connectivity index (χ4v) is 3.51. The minimum Gasteiger partial charge on any atom is -0.304 e. The molecule has 4 nitrogen and oxygen atoms in total. The second-order valence-corrected chi connectivity index (χ2v) is 8.42. The maximum Gasteiger partial charge on any atom is 0.232 e. The van der Waals surface area contributed by atoms with Crippen LogP contribution in [0.15, 0.2) is 35.7 Å². The van der Waals surface area contributed by atoms with Gasteiger partial charge in [0.05, 0.1) is 11.8 Å². The van der Waals surface area contributed by atoms with E-state index in [1.165, 1.54) is 5.41 Å². The monoisotopic (exact) mass is 307 g/mol. The molecule has 1 amide bonds. The molecule has 0 aromatic heterocycles. The highest BCUT2D eigenvalue weighted by Crippen LogP contribution is 2.28. The number of sulfone groups is 1. The van der Waals surface area contributed by atoms with Crippen molar-refractivity contribution in [1.82, 2.24) is 0 Å². The lowest BCUT2D eigenvalue weighted by atomic mass is 9.93. The summed E-state index contributed by atoms with van der Waals surface area (Å²) in [6.07, 6.45) is 1.60. The van der Waals surface area contributed by atoms with Gasteiger partial charge in [0.25, 0.3) is 0 Å². The molecule has 1 aliphatic heterocycles. The number of hydrogen-bond donors (Lipinski definition) is 0. The molecule has 0 spiro atoms. The van der Waals surface area contributed by atoms with E-state index in [0.717, 1.165) is 11.3 Å². The van der Waals surface area contributed by atoms with Gasteiger partial charge in [-0.3, -0.25) is 4.79 Å². The molecule has 1 aliphatic rings. The third-order valence-electron chi connectivity index (χ3n) is 3.42. The van der Waals surface area contributed by atoms with E-state index in [4.69, 9.17) is 0 Å². The fourth-order valence-electron chi connectivity index (χ4n) is 2.25. The Morgan fingerprint density at radius 3 is 2.19 bits per heavy atom. The van der Waals surface area contributed by atoms with Gasteiger partial charge in [0, 0.05) is 16.5 Å². The molecule has 1 heterocycles. The van der Waals surface area contributed by atoms with Crippen LogP contribution >= 0.6 is 0 Å². The zero-order chi connectivity index (χ0) is 15.8. The SMILES string of the molecule is Cc1ccc(N(C(=O)C(C)(C)C)C2C=CS(=O)(=O)C2)cc1. The number of nitrogens with zero attached hydrogens (tertiary/aromatic N) is 1. The first-order valence-corrected chi connectivity index (χ1v) is 8.63. The number of carbonyl (C=O) groups excluding carboxylic acids is 1. The van der Waals surface area contributed by atoms with Crippen LogP contribution in [0.5, 0.6) is 0 Å². The maximum absolute atomic E-state index is 12.7. The predicted molar refractivity (Wildman–Crippen MR) is 84.8 cm³/mol. The van der Waals surface area contributed by atoms with Gasteiger partial charge >= 0.3 is 0 Å². The largest absolute Gasteiger partial charge is 0.304 e. The first kappa shape index (κ1) is 15.8. The summed E-state index contributed by atoms with van der Waals surface area (Å²) >= 11 is 0. The minimum atomic E-state index is -3.21. The molecule has 1 unspecified atom stereocenters. The quantitative estimate of drug-likeness (QED) is 0.844. The molecule has 0 bridgehead atoms. The number of rotatable bonds is 2. The minimum absolute atomic E-state index is 0.0529. The van der Waals surface area contributed by atoms with Crippen LogP contribution in [0.4, 0.5) is 5.69 Å². The van der Waals surface area contributed by atoms with Gasteiger partial charge in [-0.15, -0.1) is 0 Å². The molecule has 0 N–H and O–H groups in total. The van der Waals surface area contributed by atoms with Gasteiger partial charge in [0.1, 0.15) is 0 Å². The molecule has 1 aromatic carbocycles. The molecule has 5 heteroatoms. The van der Waals surface area contributed by atoms with E-state index in [1.54, 1.807) is 11.0 Å². The van der Waals surface area contributed by atoms with Gasteiger partial charge < -0.3 is 4.90 Å². The van der Waals surface area contributed by atoms with E-state index in [0.29, 0.717) is 0 Å². The summed E-state index contributed by atoms with van der Waals surface area (Å²) in [7, 11) is -3.21.